The predicted molar refractivity (Wildman–Crippen MR) is 101 cm³/mol. The van der Waals surface area contributed by atoms with Crippen LogP contribution in [0.3, 0.4) is 0 Å². The first-order chi connectivity index (χ1) is 12.6. The van der Waals surface area contributed by atoms with Crippen LogP contribution >= 0.6 is 0 Å². The maximum absolute atomic E-state index is 13.0. The summed E-state index contributed by atoms with van der Waals surface area (Å²) in [5.74, 6) is 1.08. The maximum Gasteiger partial charge on any atom is 0.245 e. The minimum Gasteiger partial charge on any atom is -0.497 e. The van der Waals surface area contributed by atoms with Gasteiger partial charge in [-0.05, 0) is 30.9 Å². The normalized spacial score (nSPS) is 19.3. The fourth-order valence-corrected chi connectivity index (χ4v) is 4.08. The van der Waals surface area contributed by atoms with Crippen LogP contribution in [-0.2, 0) is 9.59 Å². The number of rotatable bonds is 5. The number of methoxy groups -OCH3 is 1. The molecule has 6 nitrogen and oxygen atoms in total. The third-order valence-corrected chi connectivity index (χ3v) is 5.51. The van der Waals surface area contributed by atoms with E-state index in [0.717, 1.165) is 50.2 Å². The molecule has 0 aromatic heterocycles. The van der Waals surface area contributed by atoms with E-state index in [9.17, 15) is 9.59 Å². The molecule has 1 saturated heterocycles. The minimum absolute atomic E-state index is 0.0809. The van der Waals surface area contributed by atoms with Gasteiger partial charge in [-0.15, -0.1) is 0 Å². The number of anilines is 1. The summed E-state index contributed by atoms with van der Waals surface area (Å²) in [4.78, 5) is 28.8. The van der Waals surface area contributed by atoms with E-state index < -0.39 is 0 Å². The number of amides is 2. The molecule has 1 N–H and O–H groups in total. The van der Waals surface area contributed by atoms with E-state index in [2.05, 4.69) is 16.3 Å². The van der Waals surface area contributed by atoms with E-state index in [0.29, 0.717) is 13.1 Å². The van der Waals surface area contributed by atoms with Crippen LogP contribution in [0.5, 0.6) is 5.75 Å². The number of hydrogen-bond acceptors (Lipinski definition) is 4. The molecule has 1 unspecified atom stereocenters. The SMILES string of the molecule is COc1cccc(N2CCN(C(=O)C(NC(C)=O)C3CCCC3)CC2)c1. The number of carbonyl (C=O) groups is 2. The third-order valence-electron chi connectivity index (χ3n) is 5.51. The average Bonchev–Trinajstić information content (AvgIpc) is 3.20. The van der Waals surface area contributed by atoms with Crippen molar-refractivity contribution in [2.45, 2.75) is 38.6 Å². The Labute approximate surface area is 155 Å². The Hall–Kier alpha value is -2.24. The summed E-state index contributed by atoms with van der Waals surface area (Å²) in [6.45, 7) is 4.43. The summed E-state index contributed by atoms with van der Waals surface area (Å²) in [6.07, 6.45) is 4.36. The van der Waals surface area contributed by atoms with Crippen molar-refractivity contribution in [3.63, 3.8) is 0 Å². The molecular weight excluding hydrogens is 330 g/mol. The summed E-state index contributed by atoms with van der Waals surface area (Å²) >= 11 is 0. The van der Waals surface area contributed by atoms with Crippen molar-refractivity contribution in [1.29, 1.82) is 0 Å². The number of carbonyl (C=O) groups excluding carboxylic acids is 2. The average molecular weight is 359 g/mol. The Morgan fingerprint density at radius 2 is 1.85 bits per heavy atom. The third kappa shape index (κ3) is 4.29. The van der Waals surface area contributed by atoms with Crippen molar-refractivity contribution in [3.05, 3.63) is 24.3 Å². The van der Waals surface area contributed by atoms with E-state index in [1.165, 1.54) is 6.92 Å². The van der Waals surface area contributed by atoms with Gasteiger partial charge in [0, 0.05) is 44.9 Å². The molecule has 142 valence electrons. The van der Waals surface area contributed by atoms with Gasteiger partial charge in [-0.1, -0.05) is 18.9 Å². The van der Waals surface area contributed by atoms with Gasteiger partial charge in [0.2, 0.25) is 11.8 Å². The molecule has 1 aliphatic heterocycles. The highest BCUT2D eigenvalue weighted by atomic mass is 16.5. The lowest BCUT2D eigenvalue weighted by molar-refractivity contribution is -0.137. The molecule has 1 atom stereocenters. The van der Waals surface area contributed by atoms with Gasteiger partial charge in [0.15, 0.2) is 0 Å². The highest BCUT2D eigenvalue weighted by Crippen LogP contribution is 2.29. The number of nitrogens with zero attached hydrogens (tertiary/aromatic N) is 2. The van der Waals surface area contributed by atoms with Crippen molar-refractivity contribution < 1.29 is 14.3 Å². The van der Waals surface area contributed by atoms with Crippen molar-refractivity contribution in [2.75, 3.05) is 38.2 Å². The topological polar surface area (TPSA) is 61.9 Å². The fraction of sp³-hybridized carbons (Fsp3) is 0.600. The molecule has 1 aromatic rings. The number of ether oxygens (including phenoxy) is 1. The van der Waals surface area contributed by atoms with Crippen LogP contribution in [0.25, 0.3) is 0 Å². The zero-order chi connectivity index (χ0) is 18.5. The monoisotopic (exact) mass is 359 g/mol. The second-order valence-electron chi connectivity index (χ2n) is 7.24. The summed E-state index contributed by atoms with van der Waals surface area (Å²) in [7, 11) is 1.67. The molecule has 2 amide bonds. The van der Waals surface area contributed by atoms with Gasteiger partial charge in [0.05, 0.1) is 7.11 Å². The minimum atomic E-state index is -0.363. The van der Waals surface area contributed by atoms with E-state index >= 15 is 0 Å². The molecule has 26 heavy (non-hydrogen) atoms. The Balaban J connectivity index is 1.61. The van der Waals surface area contributed by atoms with Crippen molar-refractivity contribution in [2.24, 2.45) is 5.92 Å². The molecule has 0 spiro atoms. The lowest BCUT2D eigenvalue weighted by Crippen LogP contribution is -2.56. The molecule has 1 aliphatic carbocycles. The summed E-state index contributed by atoms with van der Waals surface area (Å²) in [5, 5.41) is 2.92. The summed E-state index contributed by atoms with van der Waals surface area (Å²) in [6, 6.07) is 7.65. The Morgan fingerprint density at radius 1 is 1.15 bits per heavy atom. The molecule has 2 fully saturated rings. The van der Waals surface area contributed by atoms with Crippen molar-refractivity contribution >= 4 is 17.5 Å². The standard InChI is InChI=1S/C20H29N3O3/c1-15(24)21-19(16-6-3-4-7-16)20(25)23-12-10-22(11-13-23)17-8-5-9-18(14-17)26-2/h5,8-9,14,16,19H,3-4,6-7,10-13H2,1-2H3,(H,21,24). The first-order valence-corrected chi connectivity index (χ1v) is 9.53. The van der Waals surface area contributed by atoms with Crippen LogP contribution in [-0.4, -0.2) is 56.0 Å². The molecule has 1 saturated carbocycles. The Kier molecular flexibility index (Phi) is 6.01. The maximum atomic E-state index is 13.0. The molecule has 1 heterocycles. The molecule has 3 rings (SSSR count). The lowest BCUT2D eigenvalue weighted by atomic mass is 9.96. The fourth-order valence-electron chi connectivity index (χ4n) is 4.08. The van der Waals surface area contributed by atoms with Gasteiger partial charge < -0.3 is 19.9 Å². The van der Waals surface area contributed by atoms with Gasteiger partial charge in [0.1, 0.15) is 11.8 Å². The Morgan fingerprint density at radius 3 is 2.46 bits per heavy atom. The smallest absolute Gasteiger partial charge is 0.245 e. The number of hydrogen-bond donors (Lipinski definition) is 1. The van der Waals surface area contributed by atoms with Crippen LogP contribution in [0.4, 0.5) is 5.69 Å². The van der Waals surface area contributed by atoms with E-state index in [1.807, 2.05) is 23.1 Å². The predicted octanol–water partition coefficient (Wildman–Crippen LogP) is 2.04. The summed E-state index contributed by atoms with van der Waals surface area (Å²) < 4.78 is 5.30. The number of nitrogens with one attached hydrogen (secondary N) is 1. The molecule has 0 radical (unpaired) electrons. The van der Waals surface area contributed by atoms with Crippen LogP contribution in [0.15, 0.2) is 24.3 Å². The van der Waals surface area contributed by atoms with E-state index in [4.69, 9.17) is 4.74 Å². The first-order valence-electron chi connectivity index (χ1n) is 9.53. The zero-order valence-electron chi connectivity index (χ0n) is 15.7. The van der Waals surface area contributed by atoms with Crippen molar-refractivity contribution in [1.82, 2.24) is 10.2 Å². The number of piperazine rings is 1. The molecule has 1 aromatic carbocycles. The van der Waals surface area contributed by atoms with E-state index in [1.54, 1.807) is 7.11 Å². The highest BCUT2D eigenvalue weighted by molar-refractivity contribution is 5.87. The van der Waals surface area contributed by atoms with E-state index in [-0.39, 0.29) is 23.8 Å². The molecule has 6 heteroatoms. The largest absolute Gasteiger partial charge is 0.497 e. The molecule has 0 bridgehead atoms. The quantitative estimate of drug-likeness (QED) is 0.874. The van der Waals surface area contributed by atoms with Crippen LogP contribution in [0.2, 0.25) is 0 Å². The van der Waals surface area contributed by atoms with Crippen LogP contribution in [0.1, 0.15) is 32.6 Å². The molecule has 2 aliphatic rings. The first kappa shape index (κ1) is 18.5. The van der Waals surface area contributed by atoms with Gasteiger partial charge >= 0.3 is 0 Å². The van der Waals surface area contributed by atoms with Gasteiger partial charge in [-0.25, -0.2) is 0 Å². The summed E-state index contributed by atoms with van der Waals surface area (Å²) in [5.41, 5.74) is 1.12. The van der Waals surface area contributed by atoms with Gasteiger partial charge in [0.25, 0.3) is 0 Å². The van der Waals surface area contributed by atoms with Crippen molar-refractivity contribution in [3.8, 4) is 5.75 Å². The van der Waals surface area contributed by atoms with Crippen LogP contribution in [0, 0.1) is 5.92 Å². The second-order valence-corrected chi connectivity index (χ2v) is 7.24. The van der Waals surface area contributed by atoms with Crippen LogP contribution < -0.4 is 15.0 Å². The molecular formula is C20H29N3O3. The number of benzene rings is 1. The lowest BCUT2D eigenvalue weighted by Gasteiger charge is -2.38. The zero-order valence-corrected chi connectivity index (χ0v) is 15.7. The second kappa shape index (κ2) is 8.43. The Bertz CT molecular complexity index is 635. The highest BCUT2D eigenvalue weighted by Gasteiger charge is 2.35. The van der Waals surface area contributed by atoms with Gasteiger partial charge in [-0.3, -0.25) is 9.59 Å². The van der Waals surface area contributed by atoms with Gasteiger partial charge in [-0.2, -0.15) is 0 Å².